The van der Waals surface area contributed by atoms with Crippen LogP contribution < -0.4 is 15.5 Å². The number of amides is 1. The maximum atomic E-state index is 12.9. The summed E-state index contributed by atoms with van der Waals surface area (Å²) in [6, 6.07) is 17.0. The summed E-state index contributed by atoms with van der Waals surface area (Å²) in [5.74, 6) is 1.11. The van der Waals surface area contributed by atoms with Crippen LogP contribution in [0, 0.1) is 6.92 Å². The molecule has 0 spiro atoms. The summed E-state index contributed by atoms with van der Waals surface area (Å²) < 4.78 is 18.7. The monoisotopic (exact) mass is 495 g/mol. The third-order valence-corrected chi connectivity index (χ3v) is 7.20. The van der Waals surface area contributed by atoms with Crippen molar-refractivity contribution in [3.8, 4) is 11.5 Å². The number of benzene rings is 2. The topological polar surface area (TPSA) is 82.6 Å². The van der Waals surface area contributed by atoms with Crippen molar-refractivity contribution >= 4 is 29.4 Å². The molecule has 1 fully saturated rings. The second-order valence-electron chi connectivity index (χ2n) is 10.2. The highest BCUT2D eigenvalue weighted by atomic mass is 16.7. The zero-order chi connectivity index (χ0) is 26.2. The Bertz CT molecular complexity index is 1440. The predicted octanol–water partition coefficient (Wildman–Crippen LogP) is 4.96. The Labute approximate surface area is 217 Å². The highest BCUT2D eigenvalue weighted by Crippen LogP contribution is 2.37. The Morgan fingerprint density at radius 2 is 1.68 bits per heavy atom. The van der Waals surface area contributed by atoms with E-state index >= 15 is 0 Å². The lowest BCUT2D eigenvalue weighted by atomic mass is 9.78. The van der Waals surface area contributed by atoms with E-state index in [1.807, 2.05) is 83.1 Å². The second-order valence-corrected chi connectivity index (χ2v) is 10.2. The highest BCUT2D eigenvalue weighted by molar-refractivity contribution is 6.62. The van der Waals surface area contributed by atoms with Crippen LogP contribution >= 0.6 is 0 Å². The maximum Gasteiger partial charge on any atom is 0.494 e. The highest BCUT2D eigenvalue weighted by Gasteiger charge is 2.51. The van der Waals surface area contributed by atoms with Crippen molar-refractivity contribution in [3.63, 3.8) is 0 Å². The molecular weight excluding hydrogens is 465 g/mol. The van der Waals surface area contributed by atoms with Crippen LogP contribution in [0.25, 0.3) is 10.9 Å². The van der Waals surface area contributed by atoms with Gasteiger partial charge in [0.15, 0.2) is 0 Å². The molecule has 188 valence electrons. The van der Waals surface area contributed by atoms with Crippen molar-refractivity contribution in [2.45, 2.75) is 52.4 Å². The predicted molar refractivity (Wildman–Crippen MR) is 144 cm³/mol. The fraction of sp³-hybridized carbons (Fsp3) is 0.276. The normalized spacial score (nSPS) is 16.1. The van der Waals surface area contributed by atoms with Crippen molar-refractivity contribution in [2.75, 3.05) is 0 Å². The number of carbonyl (C=O) groups is 1. The standard InChI is InChI=1S/C29H30BN3O4/c1-19-22(27(34)33-18-20-11-14-31-15-12-20)7-6-8-25(19)35-26-13-16-32-24-17-21(9-10-23(24)26)30-36-28(2,3)29(4,5)37-30/h6-17H,18H2,1-5H3,(H,33,34). The Morgan fingerprint density at radius 1 is 0.946 bits per heavy atom. The Hall–Kier alpha value is -3.75. The van der Waals surface area contributed by atoms with Gasteiger partial charge in [0.1, 0.15) is 11.5 Å². The summed E-state index contributed by atoms with van der Waals surface area (Å²) >= 11 is 0. The van der Waals surface area contributed by atoms with Crippen LogP contribution in [0.1, 0.15) is 49.2 Å². The van der Waals surface area contributed by atoms with E-state index in [0.717, 1.165) is 27.5 Å². The van der Waals surface area contributed by atoms with Crippen molar-refractivity contribution < 1.29 is 18.8 Å². The lowest BCUT2D eigenvalue weighted by Crippen LogP contribution is -2.41. The molecule has 2 aromatic carbocycles. The van der Waals surface area contributed by atoms with E-state index in [0.29, 0.717) is 23.6 Å². The lowest BCUT2D eigenvalue weighted by Gasteiger charge is -2.32. The summed E-state index contributed by atoms with van der Waals surface area (Å²) in [7, 11) is -0.467. The molecule has 0 radical (unpaired) electrons. The van der Waals surface area contributed by atoms with Gasteiger partial charge in [-0.05, 0) is 88.1 Å². The van der Waals surface area contributed by atoms with Crippen molar-refractivity contribution in [1.82, 2.24) is 15.3 Å². The number of hydrogen-bond donors (Lipinski definition) is 1. The van der Waals surface area contributed by atoms with E-state index in [2.05, 4.69) is 15.3 Å². The molecule has 4 aromatic rings. The van der Waals surface area contributed by atoms with Gasteiger partial charge in [0.05, 0.1) is 16.7 Å². The summed E-state index contributed by atoms with van der Waals surface area (Å²) in [6.45, 7) is 10.5. The molecular formula is C29H30BN3O4. The molecule has 2 aromatic heterocycles. The molecule has 1 saturated heterocycles. The molecule has 1 N–H and O–H groups in total. The van der Waals surface area contributed by atoms with Crippen molar-refractivity contribution in [3.05, 3.63) is 89.9 Å². The quantitative estimate of drug-likeness (QED) is 0.381. The lowest BCUT2D eigenvalue weighted by molar-refractivity contribution is 0.00578. The minimum Gasteiger partial charge on any atom is -0.456 e. The van der Waals surface area contributed by atoms with E-state index in [1.54, 1.807) is 24.7 Å². The van der Waals surface area contributed by atoms with Gasteiger partial charge in [-0.3, -0.25) is 14.8 Å². The molecule has 3 heterocycles. The number of rotatable bonds is 6. The van der Waals surface area contributed by atoms with Crippen LogP contribution in [0.3, 0.4) is 0 Å². The maximum absolute atomic E-state index is 12.9. The molecule has 5 rings (SSSR count). The van der Waals surface area contributed by atoms with E-state index in [9.17, 15) is 4.79 Å². The number of carbonyl (C=O) groups excluding carboxylic acids is 1. The number of pyridine rings is 2. The van der Waals surface area contributed by atoms with Gasteiger partial charge in [0.25, 0.3) is 5.91 Å². The van der Waals surface area contributed by atoms with Crippen molar-refractivity contribution in [2.24, 2.45) is 0 Å². The first-order valence-corrected chi connectivity index (χ1v) is 12.3. The first-order valence-electron chi connectivity index (χ1n) is 12.3. The minimum atomic E-state index is -0.467. The minimum absolute atomic E-state index is 0.161. The Balaban J connectivity index is 1.37. The molecule has 0 bridgehead atoms. The fourth-order valence-corrected chi connectivity index (χ4v) is 4.22. The second kappa shape index (κ2) is 9.61. The number of aromatic nitrogens is 2. The Kier molecular flexibility index (Phi) is 6.48. The summed E-state index contributed by atoms with van der Waals surface area (Å²) in [6.07, 6.45) is 5.13. The van der Waals surface area contributed by atoms with Crippen LogP contribution in [-0.4, -0.2) is 34.2 Å². The van der Waals surface area contributed by atoms with E-state index in [4.69, 9.17) is 14.0 Å². The van der Waals surface area contributed by atoms with Gasteiger partial charge in [-0.1, -0.05) is 12.1 Å². The van der Waals surface area contributed by atoms with Gasteiger partial charge < -0.3 is 19.4 Å². The van der Waals surface area contributed by atoms with Crippen LogP contribution in [0.5, 0.6) is 11.5 Å². The fourth-order valence-electron chi connectivity index (χ4n) is 4.22. The molecule has 0 atom stereocenters. The van der Waals surface area contributed by atoms with Crippen molar-refractivity contribution in [1.29, 1.82) is 0 Å². The molecule has 0 aliphatic carbocycles. The molecule has 37 heavy (non-hydrogen) atoms. The third-order valence-electron chi connectivity index (χ3n) is 7.20. The molecule has 0 saturated carbocycles. The van der Waals surface area contributed by atoms with Crippen LogP contribution in [0.2, 0.25) is 0 Å². The van der Waals surface area contributed by atoms with Gasteiger partial charge in [-0.15, -0.1) is 0 Å². The van der Waals surface area contributed by atoms with Gasteiger partial charge >= 0.3 is 7.12 Å². The molecule has 8 heteroatoms. The van der Waals surface area contributed by atoms with Crippen LogP contribution in [0.4, 0.5) is 0 Å². The van der Waals surface area contributed by atoms with E-state index in [1.165, 1.54) is 0 Å². The molecule has 1 aliphatic heterocycles. The number of nitrogens with one attached hydrogen (secondary N) is 1. The van der Waals surface area contributed by atoms with Gasteiger partial charge in [-0.25, -0.2) is 0 Å². The number of nitrogens with zero attached hydrogens (tertiary/aromatic N) is 2. The van der Waals surface area contributed by atoms with E-state index < -0.39 is 18.3 Å². The largest absolute Gasteiger partial charge is 0.494 e. The van der Waals surface area contributed by atoms with Gasteiger partial charge in [0, 0.05) is 41.6 Å². The zero-order valence-electron chi connectivity index (χ0n) is 21.7. The average molecular weight is 495 g/mol. The number of hydrogen-bond acceptors (Lipinski definition) is 6. The number of fused-ring (bicyclic) bond motifs is 1. The summed E-state index contributed by atoms with van der Waals surface area (Å²) in [5, 5.41) is 3.82. The van der Waals surface area contributed by atoms with Crippen LogP contribution in [0.15, 0.2) is 73.2 Å². The molecule has 7 nitrogen and oxygen atoms in total. The van der Waals surface area contributed by atoms with Gasteiger partial charge in [-0.2, -0.15) is 0 Å². The number of ether oxygens (including phenoxy) is 1. The summed E-state index contributed by atoms with van der Waals surface area (Å²) in [4.78, 5) is 21.5. The smallest absolute Gasteiger partial charge is 0.456 e. The first kappa shape index (κ1) is 24.9. The third kappa shape index (κ3) is 4.95. The Morgan fingerprint density at radius 3 is 2.41 bits per heavy atom. The van der Waals surface area contributed by atoms with Crippen LogP contribution in [-0.2, 0) is 15.9 Å². The molecule has 0 unspecified atom stereocenters. The summed E-state index contributed by atoms with van der Waals surface area (Å²) in [5.41, 5.74) is 3.14. The molecule has 1 amide bonds. The zero-order valence-corrected chi connectivity index (χ0v) is 21.7. The van der Waals surface area contributed by atoms with E-state index in [-0.39, 0.29) is 5.91 Å². The molecule has 1 aliphatic rings. The first-order chi connectivity index (χ1) is 17.6. The van der Waals surface area contributed by atoms with Gasteiger partial charge in [0.2, 0.25) is 0 Å². The average Bonchev–Trinajstić information content (AvgIpc) is 3.11. The SMILES string of the molecule is Cc1c(Oc2ccnc3cc(B4OC(C)(C)C(C)(C)O4)ccc23)cccc1C(=O)NCc1ccncc1.